The number of carbonyl (C=O) groups excluding carboxylic acids is 4. The molecule has 1 saturated heterocycles. The number of amides is 2. The molecule has 41 heavy (non-hydrogen) atoms. The number of benzene rings is 3. The maximum absolute atomic E-state index is 13.2. The molecule has 204 valence electrons. The summed E-state index contributed by atoms with van der Waals surface area (Å²) >= 11 is 6.43. The predicted octanol–water partition coefficient (Wildman–Crippen LogP) is 6.19. The molecule has 2 amide bonds. The minimum atomic E-state index is -0.752. The van der Waals surface area contributed by atoms with Gasteiger partial charge in [-0.1, -0.05) is 48.0 Å². The fourth-order valence-electron chi connectivity index (χ4n) is 5.29. The van der Waals surface area contributed by atoms with Crippen LogP contribution in [-0.4, -0.2) is 35.2 Å². The van der Waals surface area contributed by atoms with E-state index in [4.69, 9.17) is 16.3 Å². The van der Waals surface area contributed by atoms with E-state index in [2.05, 4.69) is 4.98 Å². The van der Waals surface area contributed by atoms with Crippen LogP contribution in [0.4, 0.5) is 10.1 Å². The van der Waals surface area contributed by atoms with Crippen LogP contribution in [0.15, 0.2) is 84.9 Å². The van der Waals surface area contributed by atoms with Crippen molar-refractivity contribution in [2.75, 3.05) is 11.5 Å². The van der Waals surface area contributed by atoms with E-state index in [1.165, 1.54) is 17.0 Å². The zero-order valence-corrected chi connectivity index (χ0v) is 22.3. The summed E-state index contributed by atoms with van der Waals surface area (Å²) in [5.41, 5.74) is 2.24. The fraction of sp³-hybridized carbons (Fsp3) is 0.156. The summed E-state index contributed by atoms with van der Waals surface area (Å²) in [5.74, 6) is -2.78. The number of halogens is 2. The first-order valence-corrected chi connectivity index (χ1v) is 13.4. The highest BCUT2D eigenvalue weighted by Crippen LogP contribution is 2.38. The monoisotopic (exact) mass is 568 g/mol. The molecule has 0 saturated carbocycles. The molecule has 0 radical (unpaired) electrons. The number of nitrogens with zero attached hydrogens (tertiary/aromatic N) is 2. The Hall–Kier alpha value is -4.69. The van der Waals surface area contributed by atoms with Crippen LogP contribution in [0.5, 0.6) is 0 Å². The number of hydrogen-bond donors (Lipinski definition) is 0. The van der Waals surface area contributed by atoms with Gasteiger partial charge >= 0.3 is 5.97 Å². The van der Waals surface area contributed by atoms with Crippen molar-refractivity contribution < 1.29 is 28.3 Å². The molecular formula is C32H22ClFN2O5. The van der Waals surface area contributed by atoms with Gasteiger partial charge in [0.2, 0.25) is 11.8 Å². The van der Waals surface area contributed by atoms with Crippen molar-refractivity contribution in [2.24, 2.45) is 11.8 Å². The molecule has 6 rings (SSSR count). The quantitative estimate of drug-likeness (QED) is 0.119. The summed E-state index contributed by atoms with van der Waals surface area (Å²) in [6.07, 6.45) is 4.99. The Morgan fingerprint density at radius 2 is 1.59 bits per heavy atom. The third-order valence-electron chi connectivity index (χ3n) is 7.44. The minimum absolute atomic E-state index is 0.157. The van der Waals surface area contributed by atoms with Crippen LogP contribution in [0.2, 0.25) is 5.02 Å². The second kappa shape index (κ2) is 10.7. The largest absolute Gasteiger partial charge is 0.454 e. The summed E-state index contributed by atoms with van der Waals surface area (Å²) in [6.45, 7) is -0.533. The molecule has 3 aromatic carbocycles. The number of imide groups is 1. The lowest BCUT2D eigenvalue weighted by atomic mass is 9.85. The minimum Gasteiger partial charge on any atom is -0.454 e. The number of para-hydroxylation sites is 1. The fourth-order valence-corrected chi connectivity index (χ4v) is 5.51. The molecule has 1 aromatic heterocycles. The first kappa shape index (κ1) is 26.5. The Balaban J connectivity index is 1.29. The van der Waals surface area contributed by atoms with Crippen molar-refractivity contribution in [3.05, 3.63) is 107 Å². The number of anilines is 1. The number of esters is 1. The van der Waals surface area contributed by atoms with E-state index in [1.807, 2.05) is 12.2 Å². The maximum atomic E-state index is 13.2. The first-order chi connectivity index (χ1) is 19.8. The lowest BCUT2D eigenvalue weighted by Gasteiger charge is -2.16. The number of ether oxygens (including phenoxy) is 1. The summed E-state index contributed by atoms with van der Waals surface area (Å²) in [5, 5.41) is 0.767. The summed E-state index contributed by atoms with van der Waals surface area (Å²) in [6, 6.07) is 18.3. The average molecular weight is 569 g/mol. The molecule has 7 nitrogen and oxygen atoms in total. The van der Waals surface area contributed by atoms with Gasteiger partial charge in [0.1, 0.15) is 5.82 Å². The SMILES string of the molecule is O=C(COC(=O)c1cc(-c2ccc(N3C(=O)C4CC=CCC4C3=O)cc2)nc2c(Cl)cccc12)c1ccc(F)cc1. The van der Waals surface area contributed by atoms with E-state index in [1.54, 1.807) is 48.5 Å². The lowest BCUT2D eigenvalue weighted by molar-refractivity contribution is -0.122. The van der Waals surface area contributed by atoms with Crippen molar-refractivity contribution >= 4 is 51.8 Å². The molecular weight excluding hydrogens is 547 g/mol. The van der Waals surface area contributed by atoms with Gasteiger partial charge in [-0.2, -0.15) is 0 Å². The van der Waals surface area contributed by atoms with E-state index in [-0.39, 0.29) is 34.8 Å². The van der Waals surface area contributed by atoms with Crippen LogP contribution in [-0.2, 0) is 14.3 Å². The summed E-state index contributed by atoms with van der Waals surface area (Å²) < 4.78 is 18.5. The molecule has 0 N–H and O–H groups in total. The molecule has 1 aliphatic heterocycles. The third kappa shape index (κ3) is 4.91. The Morgan fingerprint density at radius 1 is 0.927 bits per heavy atom. The zero-order valence-electron chi connectivity index (χ0n) is 21.6. The Kier molecular flexibility index (Phi) is 6.93. The number of Topliss-reactive ketones (excluding diaryl/α,β-unsaturated/α-hetero) is 1. The highest BCUT2D eigenvalue weighted by molar-refractivity contribution is 6.35. The molecule has 0 spiro atoms. The Bertz CT molecular complexity index is 1720. The highest BCUT2D eigenvalue weighted by atomic mass is 35.5. The van der Waals surface area contributed by atoms with Gasteiger partial charge in [-0.15, -0.1) is 0 Å². The molecule has 0 bridgehead atoms. The van der Waals surface area contributed by atoms with Crippen LogP contribution < -0.4 is 4.90 Å². The second-order valence-electron chi connectivity index (χ2n) is 9.91. The van der Waals surface area contributed by atoms with Gasteiger partial charge in [0.15, 0.2) is 12.4 Å². The lowest BCUT2D eigenvalue weighted by Crippen LogP contribution is -2.30. The predicted molar refractivity (Wildman–Crippen MR) is 151 cm³/mol. The van der Waals surface area contributed by atoms with E-state index < -0.39 is 24.2 Å². The van der Waals surface area contributed by atoms with Gasteiger partial charge in [0.25, 0.3) is 0 Å². The van der Waals surface area contributed by atoms with Crippen LogP contribution >= 0.6 is 11.6 Å². The Labute approximate surface area is 239 Å². The standard InChI is InChI=1S/C32H22ClFN2O5/c33-26-7-3-6-22-25(32(40)41-17-28(37)19-8-12-20(34)13-9-19)16-27(35-29(22)26)18-10-14-21(15-11-18)36-30(38)23-4-1-2-5-24(23)31(36)39/h1-3,6-16,23-24H,4-5,17H2. The molecule has 2 aliphatic rings. The van der Waals surface area contributed by atoms with Gasteiger partial charge < -0.3 is 4.74 Å². The smallest absolute Gasteiger partial charge is 0.339 e. The van der Waals surface area contributed by atoms with Gasteiger partial charge in [0, 0.05) is 16.5 Å². The molecule has 9 heteroatoms. The first-order valence-electron chi connectivity index (χ1n) is 13.0. The number of fused-ring (bicyclic) bond motifs is 2. The topological polar surface area (TPSA) is 93.6 Å². The molecule has 2 atom stereocenters. The van der Waals surface area contributed by atoms with Crippen molar-refractivity contribution in [3.63, 3.8) is 0 Å². The van der Waals surface area contributed by atoms with E-state index >= 15 is 0 Å². The molecule has 2 heterocycles. The van der Waals surface area contributed by atoms with Crippen LogP contribution in [0.1, 0.15) is 33.6 Å². The van der Waals surface area contributed by atoms with E-state index in [0.29, 0.717) is 45.7 Å². The van der Waals surface area contributed by atoms with Gasteiger partial charge in [0.05, 0.1) is 39.3 Å². The molecule has 1 fully saturated rings. The molecule has 4 aromatic rings. The van der Waals surface area contributed by atoms with Crippen LogP contribution in [0, 0.1) is 17.7 Å². The van der Waals surface area contributed by atoms with Crippen molar-refractivity contribution in [1.29, 1.82) is 0 Å². The molecule has 1 aliphatic carbocycles. The number of rotatable bonds is 6. The third-order valence-corrected chi connectivity index (χ3v) is 7.74. The number of ketones is 1. The van der Waals surface area contributed by atoms with Crippen LogP contribution in [0.25, 0.3) is 22.2 Å². The maximum Gasteiger partial charge on any atom is 0.339 e. The van der Waals surface area contributed by atoms with Gasteiger partial charge in [-0.3, -0.25) is 19.3 Å². The van der Waals surface area contributed by atoms with Crippen molar-refractivity contribution in [2.45, 2.75) is 12.8 Å². The van der Waals surface area contributed by atoms with E-state index in [0.717, 1.165) is 12.1 Å². The summed E-state index contributed by atoms with van der Waals surface area (Å²) in [7, 11) is 0. The number of allylic oxidation sites excluding steroid dienone is 2. The van der Waals surface area contributed by atoms with Crippen LogP contribution in [0.3, 0.4) is 0 Å². The van der Waals surface area contributed by atoms with E-state index in [9.17, 15) is 23.6 Å². The van der Waals surface area contributed by atoms with Gasteiger partial charge in [-0.25, -0.2) is 14.2 Å². The second-order valence-corrected chi connectivity index (χ2v) is 10.3. The highest BCUT2D eigenvalue weighted by Gasteiger charge is 2.47. The number of pyridine rings is 1. The number of hydrogen-bond acceptors (Lipinski definition) is 6. The van der Waals surface area contributed by atoms with Crippen molar-refractivity contribution in [1.82, 2.24) is 4.98 Å². The zero-order chi connectivity index (χ0) is 28.7. The number of aromatic nitrogens is 1. The average Bonchev–Trinajstić information content (AvgIpc) is 3.25. The number of carbonyl (C=O) groups is 4. The molecule has 2 unspecified atom stereocenters. The van der Waals surface area contributed by atoms with Gasteiger partial charge in [-0.05, 0) is 61.4 Å². The van der Waals surface area contributed by atoms with Crippen molar-refractivity contribution in [3.8, 4) is 11.3 Å². The summed E-state index contributed by atoms with van der Waals surface area (Å²) in [4.78, 5) is 57.5. The normalized spacial score (nSPS) is 18.0. The Morgan fingerprint density at radius 3 is 2.24 bits per heavy atom.